The summed E-state index contributed by atoms with van der Waals surface area (Å²) < 4.78 is 5.33. The topological polar surface area (TPSA) is 41.6 Å². The molecule has 0 radical (unpaired) electrons. The Kier molecular flexibility index (Phi) is 3.10. The predicted octanol–water partition coefficient (Wildman–Crippen LogP) is 1.30. The van der Waals surface area contributed by atoms with Gasteiger partial charge in [0.2, 0.25) is 0 Å². The normalized spacial score (nSPS) is 36.9. The van der Waals surface area contributed by atoms with Crippen molar-refractivity contribution in [1.29, 1.82) is 0 Å². The fourth-order valence-electron chi connectivity index (χ4n) is 3.25. The van der Waals surface area contributed by atoms with Crippen molar-refractivity contribution in [2.24, 2.45) is 0 Å². The molecule has 0 aromatic heterocycles. The van der Waals surface area contributed by atoms with E-state index in [9.17, 15) is 4.79 Å². The van der Waals surface area contributed by atoms with E-state index >= 15 is 0 Å². The van der Waals surface area contributed by atoms with Crippen LogP contribution in [0.2, 0.25) is 0 Å². The molecule has 0 amide bonds. The molecule has 2 unspecified atom stereocenters. The van der Waals surface area contributed by atoms with Gasteiger partial charge in [-0.15, -0.1) is 0 Å². The molecule has 3 aliphatic rings. The molecule has 1 N–H and O–H groups in total. The third kappa shape index (κ3) is 2.28. The summed E-state index contributed by atoms with van der Waals surface area (Å²) in [6.07, 6.45) is 5.91. The number of carbonyl (C=O) groups is 1. The van der Waals surface area contributed by atoms with Crippen LogP contribution in [0, 0.1) is 0 Å². The number of hydrogen-bond acceptors (Lipinski definition) is 4. The standard InChI is InChI=1S/C14H24N2O2/c1-3-18-13(17)14(15-11-4-5-11)8-10(2)16(9-14)12-6-7-12/h10-12,15H,3-9H2,1-2H3. The van der Waals surface area contributed by atoms with Gasteiger partial charge in [0.15, 0.2) is 0 Å². The van der Waals surface area contributed by atoms with Crippen molar-refractivity contribution in [3.63, 3.8) is 0 Å². The van der Waals surface area contributed by atoms with Gasteiger partial charge in [0.1, 0.15) is 5.54 Å². The maximum atomic E-state index is 12.4. The molecule has 3 rings (SSSR count). The molecular formula is C14H24N2O2. The Morgan fingerprint density at radius 1 is 1.39 bits per heavy atom. The van der Waals surface area contributed by atoms with Crippen LogP contribution in [0.25, 0.3) is 0 Å². The van der Waals surface area contributed by atoms with Crippen LogP contribution in [0.4, 0.5) is 0 Å². The molecule has 18 heavy (non-hydrogen) atoms. The highest BCUT2D eigenvalue weighted by Crippen LogP contribution is 2.39. The van der Waals surface area contributed by atoms with Gasteiger partial charge in [-0.25, -0.2) is 4.79 Å². The molecular weight excluding hydrogens is 228 g/mol. The van der Waals surface area contributed by atoms with Crippen molar-refractivity contribution >= 4 is 5.97 Å². The van der Waals surface area contributed by atoms with E-state index < -0.39 is 5.54 Å². The van der Waals surface area contributed by atoms with E-state index in [1.807, 2.05) is 6.92 Å². The van der Waals surface area contributed by atoms with Gasteiger partial charge in [-0.05, 0) is 46.0 Å². The van der Waals surface area contributed by atoms with Crippen LogP contribution in [0.15, 0.2) is 0 Å². The van der Waals surface area contributed by atoms with Crippen molar-refractivity contribution < 1.29 is 9.53 Å². The predicted molar refractivity (Wildman–Crippen MR) is 69.3 cm³/mol. The Labute approximate surface area is 109 Å². The maximum absolute atomic E-state index is 12.4. The van der Waals surface area contributed by atoms with Crippen molar-refractivity contribution in [2.75, 3.05) is 13.2 Å². The fraction of sp³-hybridized carbons (Fsp3) is 0.929. The first kappa shape index (κ1) is 12.4. The monoisotopic (exact) mass is 252 g/mol. The van der Waals surface area contributed by atoms with E-state index in [4.69, 9.17) is 4.74 Å². The molecule has 2 aliphatic carbocycles. The summed E-state index contributed by atoms with van der Waals surface area (Å²) in [6.45, 7) is 5.45. The quantitative estimate of drug-likeness (QED) is 0.749. The number of ether oxygens (including phenoxy) is 1. The van der Waals surface area contributed by atoms with Gasteiger partial charge >= 0.3 is 5.97 Å². The SMILES string of the molecule is CCOC(=O)C1(NC2CC2)CC(C)N(C2CC2)C1. The molecule has 4 nitrogen and oxygen atoms in total. The lowest BCUT2D eigenvalue weighted by Gasteiger charge is -2.28. The second-order valence-corrected chi connectivity index (χ2v) is 6.18. The number of hydrogen-bond donors (Lipinski definition) is 1. The van der Waals surface area contributed by atoms with Gasteiger partial charge in [-0.1, -0.05) is 0 Å². The van der Waals surface area contributed by atoms with Crippen LogP contribution in [0.3, 0.4) is 0 Å². The lowest BCUT2D eigenvalue weighted by atomic mass is 9.96. The van der Waals surface area contributed by atoms with Crippen LogP contribution in [-0.4, -0.2) is 47.7 Å². The third-order valence-corrected chi connectivity index (χ3v) is 4.40. The molecule has 3 fully saturated rings. The average Bonchev–Trinajstić information content (AvgIpc) is 3.20. The molecule has 0 aromatic rings. The van der Waals surface area contributed by atoms with Crippen LogP contribution in [0.1, 0.15) is 46.0 Å². The minimum Gasteiger partial charge on any atom is -0.465 e. The van der Waals surface area contributed by atoms with E-state index in [1.54, 1.807) is 0 Å². The number of nitrogens with one attached hydrogen (secondary N) is 1. The van der Waals surface area contributed by atoms with E-state index in [2.05, 4.69) is 17.1 Å². The van der Waals surface area contributed by atoms with Crippen LogP contribution >= 0.6 is 0 Å². The zero-order valence-corrected chi connectivity index (χ0v) is 11.4. The number of carbonyl (C=O) groups excluding carboxylic acids is 1. The summed E-state index contributed by atoms with van der Waals surface area (Å²) in [7, 11) is 0. The molecule has 0 aromatic carbocycles. The summed E-state index contributed by atoms with van der Waals surface area (Å²) >= 11 is 0. The lowest BCUT2D eigenvalue weighted by Crippen LogP contribution is -2.55. The summed E-state index contributed by atoms with van der Waals surface area (Å²) in [5, 5.41) is 3.58. The second kappa shape index (κ2) is 4.49. The largest absolute Gasteiger partial charge is 0.465 e. The minimum atomic E-state index is -0.431. The first-order valence-electron chi connectivity index (χ1n) is 7.35. The molecule has 1 aliphatic heterocycles. The highest BCUT2D eigenvalue weighted by atomic mass is 16.5. The van der Waals surface area contributed by atoms with E-state index in [-0.39, 0.29) is 5.97 Å². The van der Waals surface area contributed by atoms with E-state index in [1.165, 1.54) is 25.7 Å². The average molecular weight is 252 g/mol. The van der Waals surface area contributed by atoms with Crippen molar-refractivity contribution in [3.8, 4) is 0 Å². The minimum absolute atomic E-state index is 0.0353. The van der Waals surface area contributed by atoms with Crippen LogP contribution < -0.4 is 5.32 Å². The molecule has 0 bridgehead atoms. The van der Waals surface area contributed by atoms with Gasteiger partial charge in [0.05, 0.1) is 6.61 Å². The Balaban J connectivity index is 1.74. The van der Waals surface area contributed by atoms with Gasteiger partial charge in [0, 0.05) is 24.7 Å². The highest BCUT2D eigenvalue weighted by Gasteiger charge is 2.53. The molecule has 1 heterocycles. The van der Waals surface area contributed by atoms with Crippen molar-refractivity contribution in [2.45, 2.75) is 69.6 Å². The van der Waals surface area contributed by atoms with Gasteiger partial charge in [0.25, 0.3) is 0 Å². The zero-order chi connectivity index (χ0) is 12.8. The number of rotatable bonds is 5. The summed E-state index contributed by atoms with van der Waals surface area (Å²) in [4.78, 5) is 14.9. The number of likely N-dealkylation sites (tertiary alicyclic amines) is 1. The van der Waals surface area contributed by atoms with Crippen molar-refractivity contribution in [1.82, 2.24) is 10.2 Å². The van der Waals surface area contributed by atoms with Gasteiger partial charge < -0.3 is 4.74 Å². The Morgan fingerprint density at radius 3 is 2.67 bits per heavy atom. The maximum Gasteiger partial charge on any atom is 0.327 e. The smallest absolute Gasteiger partial charge is 0.327 e. The molecule has 2 saturated carbocycles. The Hall–Kier alpha value is -0.610. The first-order valence-corrected chi connectivity index (χ1v) is 7.35. The molecule has 4 heteroatoms. The summed E-state index contributed by atoms with van der Waals surface area (Å²) in [5.74, 6) is -0.0353. The highest BCUT2D eigenvalue weighted by molar-refractivity contribution is 5.82. The Morgan fingerprint density at radius 2 is 2.11 bits per heavy atom. The number of nitrogens with zero attached hydrogens (tertiary/aromatic N) is 1. The van der Waals surface area contributed by atoms with Gasteiger partial charge in [-0.2, -0.15) is 0 Å². The van der Waals surface area contributed by atoms with E-state index in [0.29, 0.717) is 18.7 Å². The zero-order valence-electron chi connectivity index (χ0n) is 11.4. The van der Waals surface area contributed by atoms with E-state index in [0.717, 1.165) is 19.0 Å². The Bertz CT molecular complexity index is 339. The van der Waals surface area contributed by atoms with Crippen molar-refractivity contribution in [3.05, 3.63) is 0 Å². The van der Waals surface area contributed by atoms with Crippen LogP contribution in [-0.2, 0) is 9.53 Å². The summed E-state index contributed by atoms with van der Waals surface area (Å²) in [5.41, 5.74) is -0.431. The summed E-state index contributed by atoms with van der Waals surface area (Å²) in [6, 6.07) is 1.76. The number of esters is 1. The lowest BCUT2D eigenvalue weighted by molar-refractivity contribution is -0.150. The second-order valence-electron chi connectivity index (χ2n) is 6.18. The fourth-order valence-corrected chi connectivity index (χ4v) is 3.25. The third-order valence-electron chi connectivity index (χ3n) is 4.40. The molecule has 0 spiro atoms. The molecule has 102 valence electrons. The van der Waals surface area contributed by atoms with Gasteiger partial charge in [-0.3, -0.25) is 10.2 Å². The van der Waals surface area contributed by atoms with Crippen LogP contribution in [0.5, 0.6) is 0 Å². The first-order chi connectivity index (χ1) is 8.64. The molecule has 1 saturated heterocycles. The molecule has 2 atom stereocenters.